The average Bonchev–Trinajstić information content (AvgIpc) is 2.40. The Balaban J connectivity index is 1.94. The Hall–Kier alpha value is -1.61. The van der Waals surface area contributed by atoms with Gasteiger partial charge in [-0.15, -0.1) is 0 Å². The van der Waals surface area contributed by atoms with E-state index in [4.69, 9.17) is 4.74 Å². The van der Waals surface area contributed by atoms with E-state index in [1.54, 1.807) is 0 Å². The second kappa shape index (κ2) is 4.58. The molecule has 18 heavy (non-hydrogen) atoms. The maximum Gasteiger partial charge on any atom is 0.146 e. The predicted molar refractivity (Wildman–Crippen MR) is 72.9 cm³/mol. The van der Waals surface area contributed by atoms with Gasteiger partial charge in [-0.3, -0.25) is 4.98 Å². The largest absolute Gasteiger partial charge is 0.485 e. The molecule has 2 aromatic rings. The molecule has 1 aromatic heterocycles. The predicted octanol–water partition coefficient (Wildman–Crippen LogP) is 2.76. The van der Waals surface area contributed by atoms with Gasteiger partial charge in [0.15, 0.2) is 0 Å². The van der Waals surface area contributed by atoms with E-state index in [9.17, 15) is 0 Å². The molecular weight excluding hydrogens is 224 g/mol. The Labute approximate surface area is 107 Å². The molecule has 0 saturated carbocycles. The van der Waals surface area contributed by atoms with Gasteiger partial charge in [-0.1, -0.05) is 18.2 Å². The first-order chi connectivity index (χ1) is 8.77. The zero-order valence-corrected chi connectivity index (χ0v) is 10.6. The summed E-state index contributed by atoms with van der Waals surface area (Å²) >= 11 is 0. The summed E-state index contributed by atoms with van der Waals surface area (Å²) in [5.74, 6) is 0.900. The molecule has 1 aliphatic heterocycles. The molecule has 3 nitrogen and oxygen atoms in total. The number of hydrogen-bond acceptors (Lipinski definition) is 3. The van der Waals surface area contributed by atoms with Crippen molar-refractivity contribution in [1.29, 1.82) is 0 Å². The maximum atomic E-state index is 6.25. The van der Waals surface area contributed by atoms with E-state index in [0.29, 0.717) is 0 Å². The fraction of sp³-hybridized carbons (Fsp3) is 0.400. The van der Waals surface area contributed by atoms with Crippen molar-refractivity contribution in [2.24, 2.45) is 0 Å². The van der Waals surface area contributed by atoms with E-state index < -0.39 is 0 Å². The molecule has 2 heterocycles. The summed E-state index contributed by atoms with van der Waals surface area (Å²) < 4.78 is 6.25. The number of pyridine rings is 1. The van der Waals surface area contributed by atoms with Gasteiger partial charge in [-0.25, -0.2) is 0 Å². The third-order valence-corrected chi connectivity index (χ3v) is 3.61. The standard InChI is InChI=1S/C15H18N2O/c1-15(7-10-16-11-8-15)18-13-6-2-4-12-5-3-9-17-14(12)13/h2-6,9,16H,7-8,10-11H2,1H3. The molecule has 3 rings (SSSR count). The molecule has 0 atom stereocenters. The van der Waals surface area contributed by atoms with E-state index >= 15 is 0 Å². The van der Waals surface area contributed by atoms with Gasteiger partial charge in [-0.05, 0) is 45.0 Å². The first-order valence-corrected chi connectivity index (χ1v) is 6.50. The van der Waals surface area contributed by atoms with Crippen LogP contribution in [0.4, 0.5) is 0 Å². The van der Waals surface area contributed by atoms with Crippen molar-refractivity contribution in [2.75, 3.05) is 13.1 Å². The van der Waals surface area contributed by atoms with Gasteiger partial charge in [0.2, 0.25) is 0 Å². The molecule has 1 saturated heterocycles. The summed E-state index contributed by atoms with van der Waals surface area (Å²) in [4.78, 5) is 4.44. The van der Waals surface area contributed by atoms with Crippen LogP contribution in [-0.4, -0.2) is 23.7 Å². The van der Waals surface area contributed by atoms with Crippen molar-refractivity contribution in [1.82, 2.24) is 10.3 Å². The summed E-state index contributed by atoms with van der Waals surface area (Å²) in [5.41, 5.74) is 0.886. The van der Waals surface area contributed by atoms with Crippen LogP contribution in [0.5, 0.6) is 5.75 Å². The highest BCUT2D eigenvalue weighted by Gasteiger charge is 2.29. The van der Waals surface area contributed by atoms with Crippen molar-refractivity contribution < 1.29 is 4.74 Å². The van der Waals surface area contributed by atoms with Crippen molar-refractivity contribution in [3.8, 4) is 5.75 Å². The van der Waals surface area contributed by atoms with Crippen LogP contribution in [-0.2, 0) is 0 Å². The molecule has 0 radical (unpaired) electrons. The lowest BCUT2D eigenvalue weighted by Gasteiger charge is -2.34. The van der Waals surface area contributed by atoms with Gasteiger partial charge in [0.25, 0.3) is 0 Å². The molecular formula is C15H18N2O. The highest BCUT2D eigenvalue weighted by atomic mass is 16.5. The Bertz CT molecular complexity index is 542. The molecule has 94 valence electrons. The van der Waals surface area contributed by atoms with Crippen molar-refractivity contribution >= 4 is 10.9 Å². The lowest BCUT2D eigenvalue weighted by molar-refractivity contribution is 0.0570. The van der Waals surface area contributed by atoms with Gasteiger partial charge in [-0.2, -0.15) is 0 Å². The second-order valence-electron chi connectivity index (χ2n) is 5.13. The van der Waals surface area contributed by atoms with Crippen molar-refractivity contribution in [3.05, 3.63) is 36.5 Å². The first kappa shape index (κ1) is 11.5. The number of nitrogens with one attached hydrogen (secondary N) is 1. The van der Waals surface area contributed by atoms with E-state index in [1.165, 1.54) is 0 Å². The molecule has 0 bridgehead atoms. The zero-order chi connectivity index (χ0) is 12.4. The third-order valence-electron chi connectivity index (χ3n) is 3.61. The maximum absolute atomic E-state index is 6.25. The fourth-order valence-electron chi connectivity index (χ4n) is 2.48. The molecule has 1 N–H and O–H groups in total. The van der Waals surface area contributed by atoms with Crippen molar-refractivity contribution in [3.63, 3.8) is 0 Å². The molecule has 0 aliphatic carbocycles. The average molecular weight is 242 g/mol. The van der Waals surface area contributed by atoms with Crippen LogP contribution in [0.25, 0.3) is 10.9 Å². The highest BCUT2D eigenvalue weighted by molar-refractivity contribution is 5.84. The molecule has 3 heteroatoms. The van der Waals surface area contributed by atoms with Gasteiger partial charge in [0.05, 0.1) is 0 Å². The molecule has 0 spiro atoms. The number of hydrogen-bond donors (Lipinski definition) is 1. The summed E-state index contributed by atoms with van der Waals surface area (Å²) in [6.45, 7) is 4.24. The number of aromatic nitrogens is 1. The Morgan fingerprint density at radius 2 is 1.94 bits per heavy atom. The van der Waals surface area contributed by atoms with E-state index in [-0.39, 0.29) is 5.60 Å². The van der Waals surface area contributed by atoms with Gasteiger partial charge >= 0.3 is 0 Å². The number of benzene rings is 1. The Kier molecular flexibility index (Phi) is 2.92. The number of rotatable bonds is 2. The van der Waals surface area contributed by atoms with Gasteiger partial charge in [0.1, 0.15) is 16.9 Å². The third kappa shape index (κ3) is 2.18. The summed E-state index contributed by atoms with van der Waals surface area (Å²) in [6.07, 6.45) is 3.90. The zero-order valence-electron chi connectivity index (χ0n) is 10.6. The quantitative estimate of drug-likeness (QED) is 0.879. The number of nitrogens with zero attached hydrogens (tertiary/aromatic N) is 1. The van der Waals surface area contributed by atoms with E-state index in [0.717, 1.165) is 42.6 Å². The van der Waals surface area contributed by atoms with E-state index in [1.807, 2.05) is 24.4 Å². The molecule has 0 unspecified atom stereocenters. The summed E-state index contributed by atoms with van der Waals surface area (Å²) in [6, 6.07) is 10.1. The lowest BCUT2D eigenvalue weighted by atomic mass is 9.94. The van der Waals surface area contributed by atoms with Gasteiger partial charge < -0.3 is 10.1 Å². The normalized spacial score (nSPS) is 18.7. The van der Waals surface area contributed by atoms with E-state index in [2.05, 4.69) is 29.4 Å². The summed E-state index contributed by atoms with van der Waals surface area (Å²) in [5, 5.41) is 4.50. The number of para-hydroxylation sites is 1. The molecule has 1 aromatic carbocycles. The minimum absolute atomic E-state index is 0.0724. The molecule has 1 fully saturated rings. The van der Waals surface area contributed by atoms with Crippen LogP contribution in [0.3, 0.4) is 0 Å². The van der Waals surface area contributed by atoms with Crippen LogP contribution in [0.1, 0.15) is 19.8 Å². The SMILES string of the molecule is CC1(Oc2cccc3cccnc23)CCNCC1. The summed E-state index contributed by atoms with van der Waals surface area (Å²) in [7, 11) is 0. The number of piperidine rings is 1. The second-order valence-corrected chi connectivity index (χ2v) is 5.13. The first-order valence-electron chi connectivity index (χ1n) is 6.50. The van der Waals surface area contributed by atoms with Crippen molar-refractivity contribution in [2.45, 2.75) is 25.4 Å². The van der Waals surface area contributed by atoms with Gasteiger partial charge in [0, 0.05) is 11.6 Å². The monoisotopic (exact) mass is 242 g/mol. The molecule has 1 aliphatic rings. The topological polar surface area (TPSA) is 34.1 Å². The minimum Gasteiger partial charge on any atom is -0.485 e. The Morgan fingerprint density at radius 3 is 2.78 bits per heavy atom. The molecule has 0 amide bonds. The van der Waals surface area contributed by atoms with Crippen LogP contribution in [0.15, 0.2) is 36.5 Å². The van der Waals surface area contributed by atoms with Crippen LogP contribution in [0, 0.1) is 0 Å². The highest BCUT2D eigenvalue weighted by Crippen LogP contribution is 2.30. The Morgan fingerprint density at radius 1 is 1.17 bits per heavy atom. The lowest BCUT2D eigenvalue weighted by Crippen LogP contribution is -2.43. The number of fused-ring (bicyclic) bond motifs is 1. The van der Waals surface area contributed by atoms with Crippen LogP contribution < -0.4 is 10.1 Å². The smallest absolute Gasteiger partial charge is 0.146 e. The van der Waals surface area contributed by atoms with Crippen LogP contribution >= 0.6 is 0 Å². The fourth-order valence-corrected chi connectivity index (χ4v) is 2.48. The minimum atomic E-state index is -0.0724. The number of ether oxygens (including phenoxy) is 1. The van der Waals surface area contributed by atoms with Crippen LogP contribution in [0.2, 0.25) is 0 Å².